The van der Waals surface area contributed by atoms with Gasteiger partial charge in [0.15, 0.2) is 0 Å². The van der Waals surface area contributed by atoms with Gasteiger partial charge >= 0.3 is 0 Å². The number of pyridine rings is 1. The van der Waals surface area contributed by atoms with Crippen molar-refractivity contribution in [3.8, 4) is 5.75 Å². The van der Waals surface area contributed by atoms with Crippen LogP contribution in [-0.2, 0) is 6.61 Å². The van der Waals surface area contributed by atoms with Gasteiger partial charge in [-0.05, 0) is 6.07 Å². The first-order chi connectivity index (χ1) is 9.00. The Morgan fingerprint density at radius 1 is 1.00 bits per heavy atom. The van der Waals surface area contributed by atoms with Crippen LogP contribution in [-0.4, -0.2) is 4.98 Å². The molecule has 2 aromatic rings. The van der Waals surface area contributed by atoms with Gasteiger partial charge in [0.1, 0.15) is 6.61 Å². The van der Waals surface area contributed by atoms with E-state index in [4.69, 9.17) is 16.3 Å². The summed E-state index contributed by atoms with van der Waals surface area (Å²) in [7, 11) is 0. The lowest BCUT2D eigenvalue weighted by Crippen LogP contribution is -2.06. The van der Waals surface area contributed by atoms with Crippen molar-refractivity contribution in [3.05, 3.63) is 58.4 Å². The molecule has 0 saturated heterocycles. The number of ether oxygens (including phenoxy) is 1. The third kappa shape index (κ3) is 2.78. The zero-order chi connectivity index (χ0) is 14.0. The Morgan fingerprint density at radius 3 is 2.16 bits per heavy atom. The lowest BCUT2D eigenvalue weighted by atomic mass is 10.2. The van der Waals surface area contributed by atoms with Crippen LogP contribution in [0, 0.1) is 23.5 Å². The highest BCUT2D eigenvalue weighted by Crippen LogP contribution is 2.26. The normalized spacial score (nSPS) is 10.6. The van der Waals surface area contributed by atoms with E-state index in [2.05, 4.69) is 4.98 Å². The van der Waals surface area contributed by atoms with Crippen LogP contribution in [0.15, 0.2) is 24.3 Å². The topological polar surface area (TPSA) is 22.1 Å². The van der Waals surface area contributed by atoms with E-state index in [1.54, 1.807) is 24.3 Å². The van der Waals surface area contributed by atoms with E-state index in [1.165, 1.54) is 0 Å². The average molecular weight is 292 g/mol. The van der Waals surface area contributed by atoms with Crippen molar-refractivity contribution in [1.29, 1.82) is 0 Å². The Hall–Kier alpha value is -1.82. The molecule has 1 aromatic carbocycles. The van der Waals surface area contributed by atoms with E-state index < -0.39 is 29.3 Å². The van der Waals surface area contributed by atoms with Gasteiger partial charge in [0.05, 0.1) is 0 Å². The molecule has 0 N–H and O–H groups in total. The average Bonchev–Trinajstić information content (AvgIpc) is 2.38. The lowest BCUT2D eigenvalue weighted by Gasteiger charge is -2.09. The van der Waals surface area contributed by atoms with Gasteiger partial charge in [-0.25, -0.2) is 0 Å². The van der Waals surface area contributed by atoms with Gasteiger partial charge < -0.3 is 4.74 Å². The number of hydrogen-bond acceptors (Lipinski definition) is 2. The molecule has 0 fully saturated rings. The summed E-state index contributed by atoms with van der Waals surface area (Å²) in [6, 6.07) is 6.37. The zero-order valence-corrected chi connectivity index (χ0v) is 10.0. The molecule has 1 heterocycles. The van der Waals surface area contributed by atoms with Crippen molar-refractivity contribution in [1.82, 2.24) is 4.98 Å². The van der Waals surface area contributed by atoms with Gasteiger partial charge in [-0.3, -0.25) is 0 Å². The van der Waals surface area contributed by atoms with Crippen LogP contribution in [0.1, 0.15) is 5.56 Å². The second-order valence-corrected chi connectivity index (χ2v) is 3.94. The van der Waals surface area contributed by atoms with E-state index in [0.717, 1.165) is 0 Å². The first-order valence-corrected chi connectivity index (χ1v) is 5.44. The van der Waals surface area contributed by atoms with Crippen LogP contribution in [0.4, 0.5) is 17.6 Å². The van der Waals surface area contributed by atoms with Crippen LogP contribution < -0.4 is 4.74 Å². The molecule has 100 valence electrons. The summed E-state index contributed by atoms with van der Waals surface area (Å²) in [4.78, 5) is 2.42. The summed E-state index contributed by atoms with van der Waals surface area (Å²) in [6.07, 6.45) is 0. The Kier molecular flexibility index (Phi) is 3.90. The van der Waals surface area contributed by atoms with Crippen LogP contribution in [0.2, 0.25) is 5.02 Å². The summed E-state index contributed by atoms with van der Waals surface area (Å²) in [5.74, 6) is -8.08. The fourth-order valence-corrected chi connectivity index (χ4v) is 1.55. The van der Waals surface area contributed by atoms with E-state index in [0.29, 0.717) is 10.6 Å². The molecule has 0 aliphatic heterocycles. The van der Waals surface area contributed by atoms with Gasteiger partial charge in [-0.1, -0.05) is 29.8 Å². The second-order valence-electron chi connectivity index (χ2n) is 3.53. The smallest absolute Gasteiger partial charge is 0.255 e. The Labute approximate surface area is 110 Å². The predicted molar refractivity (Wildman–Crippen MR) is 59.9 cm³/mol. The summed E-state index contributed by atoms with van der Waals surface area (Å²) in [5.41, 5.74) is 0.417. The van der Waals surface area contributed by atoms with Gasteiger partial charge in [-0.2, -0.15) is 22.5 Å². The largest absolute Gasteiger partial charge is 0.483 e. The maximum atomic E-state index is 13.2. The highest BCUT2D eigenvalue weighted by Gasteiger charge is 2.22. The molecule has 0 saturated carbocycles. The van der Waals surface area contributed by atoms with Gasteiger partial charge in [0, 0.05) is 10.6 Å². The molecular formula is C12H6ClF4NO. The standard InChI is InChI=1S/C12H6ClF4NO/c13-7-4-2-1-3-6(7)5-19-10-8(14)11(16)18-12(17)9(10)15/h1-4H,5H2. The highest BCUT2D eigenvalue weighted by molar-refractivity contribution is 6.31. The van der Waals surface area contributed by atoms with Crippen molar-refractivity contribution in [3.63, 3.8) is 0 Å². The van der Waals surface area contributed by atoms with Crippen molar-refractivity contribution < 1.29 is 22.3 Å². The molecule has 1 aromatic heterocycles. The van der Waals surface area contributed by atoms with Crippen LogP contribution in [0.5, 0.6) is 5.75 Å². The fourth-order valence-electron chi connectivity index (χ4n) is 1.36. The molecule has 2 rings (SSSR count). The minimum atomic E-state index is -1.77. The predicted octanol–water partition coefficient (Wildman–Crippen LogP) is 3.87. The molecular weight excluding hydrogens is 286 g/mol. The van der Waals surface area contributed by atoms with E-state index in [-0.39, 0.29) is 6.61 Å². The lowest BCUT2D eigenvalue weighted by molar-refractivity contribution is 0.255. The Morgan fingerprint density at radius 2 is 1.58 bits per heavy atom. The van der Waals surface area contributed by atoms with Crippen molar-refractivity contribution in [2.45, 2.75) is 6.61 Å². The minimum Gasteiger partial charge on any atom is -0.483 e. The van der Waals surface area contributed by atoms with E-state index in [1.807, 2.05) is 0 Å². The Balaban J connectivity index is 2.28. The summed E-state index contributed by atoms with van der Waals surface area (Å²) in [5, 5.41) is 0.304. The summed E-state index contributed by atoms with van der Waals surface area (Å²) < 4.78 is 56.9. The van der Waals surface area contributed by atoms with Gasteiger partial charge in [0.25, 0.3) is 11.9 Å². The third-order valence-electron chi connectivity index (χ3n) is 2.29. The molecule has 0 amide bonds. The summed E-state index contributed by atoms with van der Waals surface area (Å²) >= 11 is 5.80. The number of halogens is 5. The van der Waals surface area contributed by atoms with Gasteiger partial charge in [-0.15, -0.1) is 0 Å². The molecule has 2 nitrogen and oxygen atoms in total. The number of hydrogen-bond donors (Lipinski definition) is 0. The maximum absolute atomic E-state index is 13.2. The molecule has 0 unspecified atom stereocenters. The minimum absolute atomic E-state index is 0.304. The monoisotopic (exact) mass is 291 g/mol. The first kappa shape index (κ1) is 13.6. The molecule has 7 heteroatoms. The van der Waals surface area contributed by atoms with Gasteiger partial charge in [0.2, 0.25) is 17.4 Å². The van der Waals surface area contributed by atoms with E-state index >= 15 is 0 Å². The Bertz CT molecular complexity index is 595. The number of benzene rings is 1. The molecule has 0 radical (unpaired) electrons. The van der Waals surface area contributed by atoms with Crippen molar-refractivity contribution >= 4 is 11.6 Å². The number of nitrogens with zero attached hydrogens (tertiary/aromatic N) is 1. The van der Waals surface area contributed by atoms with Crippen LogP contribution in [0.3, 0.4) is 0 Å². The zero-order valence-electron chi connectivity index (χ0n) is 9.26. The van der Waals surface area contributed by atoms with Crippen LogP contribution in [0.25, 0.3) is 0 Å². The number of aromatic nitrogens is 1. The molecule has 0 bridgehead atoms. The molecule has 0 aliphatic carbocycles. The second kappa shape index (κ2) is 5.44. The van der Waals surface area contributed by atoms with Crippen molar-refractivity contribution in [2.24, 2.45) is 0 Å². The highest BCUT2D eigenvalue weighted by atomic mass is 35.5. The molecule has 0 aliphatic rings. The molecule has 19 heavy (non-hydrogen) atoms. The first-order valence-electron chi connectivity index (χ1n) is 5.07. The SMILES string of the molecule is Fc1nc(F)c(F)c(OCc2ccccc2Cl)c1F. The fraction of sp³-hybridized carbons (Fsp3) is 0.0833. The quantitative estimate of drug-likeness (QED) is 0.632. The molecule has 0 spiro atoms. The molecule has 0 atom stereocenters. The van der Waals surface area contributed by atoms with E-state index in [9.17, 15) is 17.6 Å². The summed E-state index contributed by atoms with van der Waals surface area (Å²) in [6.45, 7) is -0.337. The van der Waals surface area contributed by atoms with Crippen LogP contribution >= 0.6 is 11.6 Å². The number of rotatable bonds is 3. The van der Waals surface area contributed by atoms with Crippen molar-refractivity contribution in [2.75, 3.05) is 0 Å². The third-order valence-corrected chi connectivity index (χ3v) is 2.66. The maximum Gasteiger partial charge on any atom is 0.255 e.